The third-order valence-electron chi connectivity index (χ3n) is 3.79. The van der Waals surface area contributed by atoms with Crippen LogP contribution in [-0.2, 0) is 0 Å². The second-order valence-corrected chi connectivity index (χ2v) is 4.98. The smallest absolute Gasteiger partial charge is 0.200 e. The molecule has 1 aliphatic rings. The number of hydrogen-bond acceptors (Lipinski definition) is 5. The van der Waals surface area contributed by atoms with Crippen LogP contribution < -0.4 is 4.90 Å². The average molecular weight is 266 g/mol. The fraction of sp³-hybridized carbons (Fsp3) is 0.286. The van der Waals surface area contributed by atoms with Gasteiger partial charge in [-0.3, -0.25) is 0 Å². The summed E-state index contributed by atoms with van der Waals surface area (Å²) < 4.78 is 1.48. The number of aromatic nitrogens is 5. The van der Waals surface area contributed by atoms with Crippen molar-refractivity contribution in [2.24, 2.45) is 0 Å². The quantitative estimate of drug-likeness (QED) is 0.708. The second kappa shape index (κ2) is 4.56. The Hall–Kier alpha value is -2.50. The Morgan fingerprint density at radius 1 is 1.05 bits per heavy atom. The van der Waals surface area contributed by atoms with Gasteiger partial charge in [0.15, 0.2) is 11.5 Å². The lowest BCUT2D eigenvalue weighted by Gasteiger charge is -2.25. The first kappa shape index (κ1) is 11.3. The van der Waals surface area contributed by atoms with Gasteiger partial charge in [0.25, 0.3) is 0 Å². The Morgan fingerprint density at radius 2 is 1.95 bits per heavy atom. The minimum absolute atomic E-state index is 0.387. The molecular formula is C14H14N6. The molecule has 1 aromatic carbocycles. The first-order valence-electron chi connectivity index (χ1n) is 6.79. The number of tetrazole rings is 1. The molecule has 0 spiro atoms. The van der Waals surface area contributed by atoms with Crippen LogP contribution in [0.15, 0.2) is 42.5 Å². The summed E-state index contributed by atoms with van der Waals surface area (Å²) in [6.45, 7) is 1.01. The second-order valence-electron chi connectivity index (χ2n) is 4.98. The van der Waals surface area contributed by atoms with Gasteiger partial charge in [0, 0.05) is 6.54 Å². The summed E-state index contributed by atoms with van der Waals surface area (Å²) in [5.41, 5.74) is 2.01. The molecule has 0 bridgehead atoms. The van der Waals surface area contributed by atoms with Crippen molar-refractivity contribution >= 4 is 11.5 Å². The summed E-state index contributed by atoms with van der Waals surface area (Å²) >= 11 is 0. The maximum Gasteiger partial charge on any atom is 0.200 e. The van der Waals surface area contributed by atoms with Crippen LogP contribution in [0.5, 0.6) is 0 Å². The number of benzene rings is 1. The summed E-state index contributed by atoms with van der Waals surface area (Å²) in [4.78, 5) is 2.33. The van der Waals surface area contributed by atoms with E-state index in [-0.39, 0.29) is 0 Å². The summed E-state index contributed by atoms with van der Waals surface area (Å²) in [5, 5.41) is 15.9. The van der Waals surface area contributed by atoms with Crippen molar-refractivity contribution < 1.29 is 0 Å². The molecule has 6 heteroatoms. The van der Waals surface area contributed by atoms with Crippen LogP contribution in [0.2, 0.25) is 0 Å². The van der Waals surface area contributed by atoms with E-state index < -0.39 is 0 Å². The minimum Gasteiger partial charge on any atom is -0.348 e. The molecule has 1 saturated heterocycles. The number of hydrogen-bond donors (Lipinski definition) is 0. The summed E-state index contributed by atoms with van der Waals surface area (Å²) in [6, 6.07) is 14.9. The molecule has 0 aliphatic carbocycles. The molecule has 3 aromatic rings. The SMILES string of the molecule is c1ccc([C@@H]2CCCN2c2ccc3nnnn3n2)cc1. The highest BCUT2D eigenvalue weighted by atomic mass is 15.6. The van der Waals surface area contributed by atoms with Gasteiger partial charge in [-0.05, 0) is 41.0 Å². The van der Waals surface area contributed by atoms with Crippen LogP contribution in [0.3, 0.4) is 0 Å². The fourth-order valence-corrected chi connectivity index (χ4v) is 2.86. The number of nitrogens with zero attached hydrogens (tertiary/aromatic N) is 6. The standard InChI is InChI=1S/C14H14N6/c1-2-5-11(6-3-1)12-7-4-10-19(12)14-9-8-13-15-17-18-20(13)16-14/h1-3,5-6,8-9,12H,4,7,10H2/t12-/m0/s1. The Bertz CT molecular complexity index is 723. The Kier molecular flexibility index (Phi) is 2.58. The average Bonchev–Trinajstić information content (AvgIpc) is 3.16. The summed E-state index contributed by atoms with van der Waals surface area (Å²) in [6.07, 6.45) is 2.33. The van der Waals surface area contributed by atoms with Gasteiger partial charge >= 0.3 is 0 Å². The third-order valence-corrected chi connectivity index (χ3v) is 3.79. The lowest BCUT2D eigenvalue weighted by molar-refractivity contribution is 0.679. The molecule has 0 unspecified atom stereocenters. The monoisotopic (exact) mass is 266 g/mol. The third kappa shape index (κ3) is 1.80. The van der Waals surface area contributed by atoms with Crippen molar-refractivity contribution in [2.75, 3.05) is 11.4 Å². The zero-order valence-electron chi connectivity index (χ0n) is 10.9. The van der Waals surface area contributed by atoms with E-state index in [0.29, 0.717) is 11.7 Å². The van der Waals surface area contributed by atoms with Crippen LogP contribution in [0, 0.1) is 0 Å². The molecule has 100 valence electrons. The Labute approximate surface area is 116 Å². The van der Waals surface area contributed by atoms with Gasteiger partial charge in [-0.25, -0.2) is 0 Å². The molecule has 2 aromatic heterocycles. The molecule has 1 aliphatic heterocycles. The lowest BCUT2D eigenvalue weighted by Crippen LogP contribution is -2.24. The van der Waals surface area contributed by atoms with E-state index >= 15 is 0 Å². The zero-order chi connectivity index (χ0) is 13.4. The van der Waals surface area contributed by atoms with Gasteiger partial charge in [0.2, 0.25) is 0 Å². The first-order chi connectivity index (χ1) is 9.92. The highest BCUT2D eigenvalue weighted by molar-refractivity contribution is 5.47. The van der Waals surface area contributed by atoms with Crippen LogP contribution in [0.4, 0.5) is 5.82 Å². The molecule has 0 N–H and O–H groups in total. The van der Waals surface area contributed by atoms with E-state index in [4.69, 9.17) is 0 Å². The lowest BCUT2D eigenvalue weighted by atomic mass is 10.0. The van der Waals surface area contributed by atoms with E-state index in [9.17, 15) is 0 Å². The van der Waals surface area contributed by atoms with Crippen molar-refractivity contribution in [3.63, 3.8) is 0 Å². The molecule has 0 amide bonds. The van der Waals surface area contributed by atoms with Gasteiger partial charge < -0.3 is 4.90 Å². The van der Waals surface area contributed by atoms with Crippen molar-refractivity contribution in [1.29, 1.82) is 0 Å². The van der Waals surface area contributed by atoms with Crippen molar-refractivity contribution in [1.82, 2.24) is 25.3 Å². The molecule has 1 fully saturated rings. The maximum atomic E-state index is 4.50. The van der Waals surface area contributed by atoms with Crippen LogP contribution >= 0.6 is 0 Å². The van der Waals surface area contributed by atoms with Gasteiger partial charge in [0.1, 0.15) is 0 Å². The fourth-order valence-electron chi connectivity index (χ4n) is 2.86. The van der Waals surface area contributed by atoms with E-state index in [1.165, 1.54) is 16.6 Å². The highest BCUT2D eigenvalue weighted by Crippen LogP contribution is 2.34. The first-order valence-corrected chi connectivity index (χ1v) is 6.79. The molecule has 6 nitrogen and oxygen atoms in total. The summed E-state index contributed by atoms with van der Waals surface area (Å²) in [7, 11) is 0. The van der Waals surface area contributed by atoms with E-state index in [2.05, 4.69) is 49.8 Å². The number of fused-ring (bicyclic) bond motifs is 1. The van der Waals surface area contributed by atoms with Crippen molar-refractivity contribution in [3.05, 3.63) is 48.0 Å². The predicted octanol–water partition coefficient (Wildman–Crippen LogP) is 1.86. The topological polar surface area (TPSA) is 59.2 Å². The van der Waals surface area contributed by atoms with E-state index in [0.717, 1.165) is 18.8 Å². The molecule has 20 heavy (non-hydrogen) atoms. The van der Waals surface area contributed by atoms with E-state index in [1.54, 1.807) is 0 Å². The van der Waals surface area contributed by atoms with Crippen LogP contribution in [0.25, 0.3) is 5.65 Å². The van der Waals surface area contributed by atoms with Gasteiger partial charge in [-0.1, -0.05) is 30.3 Å². The molecule has 3 heterocycles. The summed E-state index contributed by atoms with van der Waals surface area (Å²) in [5.74, 6) is 0.927. The van der Waals surface area contributed by atoms with E-state index in [1.807, 2.05) is 18.2 Å². The van der Waals surface area contributed by atoms with Crippen molar-refractivity contribution in [2.45, 2.75) is 18.9 Å². The van der Waals surface area contributed by atoms with Gasteiger partial charge in [-0.2, -0.15) is 0 Å². The number of rotatable bonds is 2. The Balaban J connectivity index is 1.72. The minimum atomic E-state index is 0.387. The normalized spacial score (nSPS) is 18.8. The van der Waals surface area contributed by atoms with Crippen LogP contribution in [-0.4, -0.2) is 31.8 Å². The maximum absolute atomic E-state index is 4.50. The predicted molar refractivity (Wildman–Crippen MR) is 74.3 cm³/mol. The molecule has 0 radical (unpaired) electrons. The number of anilines is 1. The largest absolute Gasteiger partial charge is 0.348 e. The zero-order valence-corrected chi connectivity index (χ0v) is 10.9. The molecule has 4 rings (SSSR count). The van der Waals surface area contributed by atoms with Crippen LogP contribution in [0.1, 0.15) is 24.4 Å². The van der Waals surface area contributed by atoms with Gasteiger partial charge in [-0.15, -0.1) is 14.8 Å². The van der Waals surface area contributed by atoms with Crippen molar-refractivity contribution in [3.8, 4) is 0 Å². The van der Waals surface area contributed by atoms with Gasteiger partial charge in [0.05, 0.1) is 6.04 Å². The Morgan fingerprint density at radius 3 is 2.85 bits per heavy atom. The molecule has 1 atom stereocenters. The molecule has 0 saturated carbocycles. The highest BCUT2D eigenvalue weighted by Gasteiger charge is 2.27. The molecular weight excluding hydrogens is 252 g/mol.